The van der Waals surface area contributed by atoms with E-state index in [1.165, 1.54) is 0 Å². The maximum atomic E-state index is 11.8. The molecule has 0 aromatic rings. The van der Waals surface area contributed by atoms with Crippen LogP contribution in [0.25, 0.3) is 0 Å². The predicted octanol–water partition coefficient (Wildman–Crippen LogP) is 0.890. The van der Waals surface area contributed by atoms with Crippen LogP contribution in [0, 0.1) is 5.41 Å². The van der Waals surface area contributed by atoms with Crippen molar-refractivity contribution in [2.45, 2.75) is 51.0 Å². The van der Waals surface area contributed by atoms with Gasteiger partial charge < -0.3 is 15.7 Å². The number of nitrogens with one attached hydrogen (secondary N) is 2. The highest BCUT2D eigenvalue weighted by molar-refractivity contribution is 5.76. The largest absolute Gasteiger partial charge is 0.481 e. The van der Waals surface area contributed by atoms with Crippen LogP contribution in [0.15, 0.2) is 0 Å². The van der Waals surface area contributed by atoms with E-state index in [2.05, 4.69) is 10.6 Å². The second-order valence-electron chi connectivity index (χ2n) is 5.70. The standard InChI is InChI=1S/C13H22N2O3/c16-11(7-10-3-1-6-14-10)15-9-13(4-2-5-13)8-12(17)18/h10,14H,1-9H2,(H,15,16)(H,17,18). The second-order valence-corrected chi connectivity index (χ2v) is 5.70. The van der Waals surface area contributed by atoms with Crippen LogP contribution in [-0.4, -0.2) is 36.1 Å². The normalized spacial score (nSPS) is 25.4. The molecular weight excluding hydrogens is 232 g/mol. The topological polar surface area (TPSA) is 78.4 Å². The average molecular weight is 254 g/mol. The molecule has 1 aliphatic carbocycles. The van der Waals surface area contributed by atoms with Gasteiger partial charge in [0.1, 0.15) is 0 Å². The molecule has 1 atom stereocenters. The van der Waals surface area contributed by atoms with E-state index in [1.807, 2.05) is 0 Å². The number of hydrogen-bond donors (Lipinski definition) is 3. The van der Waals surface area contributed by atoms with Gasteiger partial charge in [-0.2, -0.15) is 0 Å². The Hall–Kier alpha value is -1.10. The van der Waals surface area contributed by atoms with Gasteiger partial charge in [-0.1, -0.05) is 6.42 Å². The molecule has 0 aromatic heterocycles. The van der Waals surface area contributed by atoms with E-state index in [1.54, 1.807) is 0 Å². The van der Waals surface area contributed by atoms with Crippen LogP contribution < -0.4 is 10.6 Å². The molecule has 1 saturated carbocycles. The van der Waals surface area contributed by atoms with Gasteiger partial charge in [0.25, 0.3) is 0 Å². The van der Waals surface area contributed by atoms with Crippen LogP contribution in [0.4, 0.5) is 0 Å². The Morgan fingerprint density at radius 3 is 2.61 bits per heavy atom. The lowest BCUT2D eigenvalue weighted by atomic mass is 9.66. The van der Waals surface area contributed by atoms with Gasteiger partial charge in [-0.25, -0.2) is 0 Å². The van der Waals surface area contributed by atoms with Crippen molar-refractivity contribution in [2.75, 3.05) is 13.1 Å². The Bertz CT molecular complexity index is 320. The first kappa shape index (κ1) is 13.3. The first-order valence-electron chi connectivity index (χ1n) is 6.82. The number of hydrogen-bond acceptors (Lipinski definition) is 3. The van der Waals surface area contributed by atoms with Gasteiger partial charge in [0, 0.05) is 19.0 Å². The molecule has 3 N–H and O–H groups in total. The highest BCUT2D eigenvalue weighted by Gasteiger charge is 2.39. The Labute approximate surface area is 107 Å². The highest BCUT2D eigenvalue weighted by Crippen LogP contribution is 2.43. The molecule has 0 spiro atoms. The molecule has 1 aliphatic heterocycles. The third kappa shape index (κ3) is 3.45. The fourth-order valence-electron chi connectivity index (χ4n) is 2.93. The smallest absolute Gasteiger partial charge is 0.303 e. The summed E-state index contributed by atoms with van der Waals surface area (Å²) in [6.07, 6.45) is 5.81. The first-order valence-corrected chi connectivity index (χ1v) is 6.82. The Kier molecular flexibility index (Phi) is 4.22. The van der Waals surface area contributed by atoms with E-state index in [-0.39, 0.29) is 17.7 Å². The molecule has 0 bridgehead atoms. The van der Waals surface area contributed by atoms with E-state index in [0.717, 1.165) is 38.6 Å². The molecule has 2 aliphatic rings. The van der Waals surface area contributed by atoms with Crippen molar-refractivity contribution >= 4 is 11.9 Å². The maximum Gasteiger partial charge on any atom is 0.303 e. The average Bonchev–Trinajstić information content (AvgIpc) is 2.74. The third-order valence-electron chi connectivity index (χ3n) is 4.20. The minimum atomic E-state index is -0.763. The van der Waals surface area contributed by atoms with Crippen LogP contribution in [0.2, 0.25) is 0 Å². The fourth-order valence-corrected chi connectivity index (χ4v) is 2.93. The summed E-state index contributed by atoms with van der Waals surface area (Å²) in [6.45, 7) is 1.52. The number of carboxylic acids is 1. The lowest BCUT2D eigenvalue weighted by Crippen LogP contribution is -2.44. The summed E-state index contributed by atoms with van der Waals surface area (Å²) in [5.41, 5.74) is -0.176. The van der Waals surface area contributed by atoms with Crippen LogP contribution in [0.1, 0.15) is 44.9 Å². The van der Waals surface area contributed by atoms with Gasteiger partial charge in [-0.05, 0) is 37.6 Å². The fraction of sp³-hybridized carbons (Fsp3) is 0.846. The number of aliphatic carboxylic acids is 1. The molecule has 0 radical (unpaired) electrons. The molecule has 18 heavy (non-hydrogen) atoms. The molecule has 5 heteroatoms. The van der Waals surface area contributed by atoms with Crippen molar-refractivity contribution < 1.29 is 14.7 Å². The van der Waals surface area contributed by atoms with Gasteiger partial charge in [-0.3, -0.25) is 9.59 Å². The summed E-state index contributed by atoms with van der Waals surface area (Å²) >= 11 is 0. The minimum absolute atomic E-state index is 0.0473. The SMILES string of the molecule is O=C(O)CC1(CNC(=O)CC2CCCN2)CCC1. The number of carbonyl (C=O) groups is 2. The van der Waals surface area contributed by atoms with Gasteiger partial charge in [0.15, 0.2) is 0 Å². The van der Waals surface area contributed by atoms with Crippen molar-refractivity contribution in [3.63, 3.8) is 0 Å². The van der Waals surface area contributed by atoms with Gasteiger partial charge in [0.05, 0.1) is 6.42 Å². The second kappa shape index (κ2) is 5.69. The summed E-state index contributed by atoms with van der Waals surface area (Å²) < 4.78 is 0. The minimum Gasteiger partial charge on any atom is -0.481 e. The summed E-state index contributed by atoms with van der Waals surface area (Å²) in [5, 5.41) is 15.1. The Balaban J connectivity index is 1.72. The molecule has 2 rings (SSSR count). The molecule has 5 nitrogen and oxygen atoms in total. The van der Waals surface area contributed by atoms with Gasteiger partial charge >= 0.3 is 5.97 Å². The molecular formula is C13H22N2O3. The van der Waals surface area contributed by atoms with Crippen LogP contribution in [0.3, 0.4) is 0 Å². The highest BCUT2D eigenvalue weighted by atomic mass is 16.4. The van der Waals surface area contributed by atoms with Crippen LogP contribution >= 0.6 is 0 Å². The maximum absolute atomic E-state index is 11.8. The molecule has 0 aromatic carbocycles. The van der Waals surface area contributed by atoms with Gasteiger partial charge in [0.2, 0.25) is 5.91 Å². The molecule has 1 amide bonds. The quantitative estimate of drug-likeness (QED) is 0.658. The van der Waals surface area contributed by atoms with E-state index < -0.39 is 5.97 Å². The summed E-state index contributed by atoms with van der Waals surface area (Å²) in [6, 6.07) is 0.307. The zero-order valence-electron chi connectivity index (χ0n) is 10.7. The zero-order valence-corrected chi connectivity index (χ0v) is 10.7. The number of amides is 1. The van der Waals surface area contributed by atoms with Crippen molar-refractivity contribution in [1.29, 1.82) is 0 Å². The number of carbonyl (C=O) groups excluding carboxylic acids is 1. The predicted molar refractivity (Wildman–Crippen MR) is 67.2 cm³/mol. The monoisotopic (exact) mass is 254 g/mol. The van der Waals surface area contributed by atoms with Crippen LogP contribution in [0.5, 0.6) is 0 Å². The summed E-state index contributed by atoms with van der Waals surface area (Å²) in [5.74, 6) is -0.715. The lowest BCUT2D eigenvalue weighted by molar-refractivity contribution is -0.141. The molecule has 1 heterocycles. The molecule has 2 fully saturated rings. The zero-order chi connectivity index (χ0) is 13.0. The molecule has 1 unspecified atom stereocenters. The molecule has 102 valence electrons. The number of carboxylic acid groups (broad SMARTS) is 1. The van der Waals surface area contributed by atoms with Crippen molar-refractivity contribution in [3.8, 4) is 0 Å². The van der Waals surface area contributed by atoms with E-state index in [4.69, 9.17) is 5.11 Å². The Morgan fingerprint density at radius 2 is 2.11 bits per heavy atom. The number of rotatable bonds is 6. The summed E-state index contributed by atoms with van der Waals surface area (Å²) in [7, 11) is 0. The van der Waals surface area contributed by atoms with Crippen LogP contribution in [-0.2, 0) is 9.59 Å². The van der Waals surface area contributed by atoms with Crippen molar-refractivity contribution in [3.05, 3.63) is 0 Å². The van der Waals surface area contributed by atoms with Crippen molar-refractivity contribution in [2.24, 2.45) is 5.41 Å². The van der Waals surface area contributed by atoms with E-state index in [9.17, 15) is 9.59 Å². The lowest BCUT2D eigenvalue weighted by Gasteiger charge is -2.40. The third-order valence-corrected chi connectivity index (χ3v) is 4.20. The van der Waals surface area contributed by atoms with E-state index in [0.29, 0.717) is 19.0 Å². The molecule has 1 saturated heterocycles. The summed E-state index contributed by atoms with van der Waals surface area (Å²) in [4.78, 5) is 22.6. The van der Waals surface area contributed by atoms with E-state index >= 15 is 0 Å². The Morgan fingerprint density at radius 1 is 1.33 bits per heavy atom. The van der Waals surface area contributed by atoms with Crippen molar-refractivity contribution in [1.82, 2.24) is 10.6 Å². The van der Waals surface area contributed by atoms with Gasteiger partial charge in [-0.15, -0.1) is 0 Å². The first-order chi connectivity index (χ1) is 8.60.